The average molecular weight is 431 g/mol. The summed E-state index contributed by atoms with van der Waals surface area (Å²) in [5, 5.41) is 6.70. The molecule has 2 heterocycles. The number of amides is 1. The number of carbonyl (C=O) groups excluding carboxylic acids is 1. The van der Waals surface area contributed by atoms with E-state index in [0.29, 0.717) is 29.3 Å². The van der Waals surface area contributed by atoms with Crippen LogP contribution in [-0.4, -0.2) is 25.5 Å². The third kappa shape index (κ3) is 4.55. The minimum Gasteiger partial charge on any atom is -0.349 e. The van der Waals surface area contributed by atoms with Crippen molar-refractivity contribution in [2.75, 3.05) is 0 Å². The van der Waals surface area contributed by atoms with Crippen LogP contribution in [0.2, 0.25) is 0 Å². The molecule has 1 unspecified atom stereocenters. The van der Waals surface area contributed by atoms with Crippen LogP contribution in [0.25, 0.3) is 5.78 Å². The van der Waals surface area contributed by atoms with Crippen LogP contribution in [0, 0.1) is 26.7 Å². The number of aryl methyl sites for hydroxylation is 3. The van der Waals surface area contributed by atoms with Gasteiger partial charge in [0.05, 0.1) is 6.04 Å². The number of halogens is 3. The normalized spacial score (nSPS) is 15.3. The van der Waals surface area contributed by atoms with Gasteiger partial charge in [-0.1, -0.05) is 29.8 Å². The van der Waals surface area contributed by atoms with Crippen LogP contribution in [0.1, 0.15) is 59.2 Å². The van der Waals surface area contributed by atoms with Gasteiger partial charge in [0.15, 0.2) is 0 Å². The Hall–Kier alpha value is -2.97. The summed E-state index contributed by atoms with van der Waals surface area (Å²) in [7, 11) is 0. The standard InChI is InChI=1S/C22H24F3N5O/c1-12-4-6-15(7-5-12)19(16-8-9-16)27-18(31)11-10-17-13(2)26-21-28-20(22(23,24)25)29-30(21)14(17)3/h4-7,16,19H,8-11H2,1-3H3,(H,27,31). The van der Waals surface area contributed by atoms with Crippen LogP contribution in [0.4, 0.5) is 13.2 Å². The third-order valence-electron chi connectivity index (χ3n) is 5.75. The van der Waals surface area contributed by atoms with E-state index in [9.17, 15) is 18.0 Å². The molecule has 6 nitrogen and oxygen atoms in total. The number of fused-ring (bicyclic) bond motifs is 1. The van der Waals surface area contributed by atoms with E-state index in [2.05, 4.69) is 20.4 Å². The number of benzene rings is 1. The summed E-state index contributed by atoms with van der Waals surface area (Å²) in [4.78, 5) is 20.4. The molecule has 31 heavy (non-hydrogen) atoms. The van der Waals surface area contributed by atoms with Gasteiger partial charge in [0.25, 0.3) is 11.6 Å². The van der Waals surface area contributed by atoms with Crippen LogP contribution in [-0.2, 0) is 17.4 Å². The smallest absolute Gasteiger partial charge is 0.349 e. The van der Waals surface area contributed by atoms with Crippen LogP contribution >= 0.6 is 0 Å². The van der Waals surface area contributed by atoms with Crippen molar-refractivity contribution in [1.29, 1.82) is 0 Å². The molecule has 1 aliphatic rings. The fourth-order valence-corrected chi connectivity index (χ4v) is 3.85. The minimum absolute atomic E-state index is 0.0134. The molecule has 3 aromatic rings. The molecule has 1 saturated carbocycles. The number of alkyl halides is 3. The van der Waals surface area contributed by atoms with Crippen molar-refractivity contribution in [3.8, 4) is 0 Å². The quantitative estimate of drug-likeness (QED) is 0.633. The Morgan fingerprint density at radius 3 is 2.45 bits per heavy atom. The molecule has 1 atom stereocenters. The molecular formula is C22H24F3N5O. The van der Waals surface area contributed by atoms with Crippen molar-refractivity contribution < 1.29 is 18.0 Å². The van der Waals surface area contributed by atoms with Crippen LogP contribution in [0.5, 0.6) is 0 Å². The molecule has 0 saturated heterocycles. The first kappa shape index (κ1) is 21.3. The predicted molar refractivity (Wildman–Crippen MR) is 108 cm³/mol. The molecule has 0 aliphatic heterocycles. The lowest BCUT2D eigenvalue weighted by Gasteiger charge is -2.19. The van der Waals surface area contributed by atoms with E-state index in [1.807, 2.05) is 31.2 Å². The summed E-state index contributed by atoms with van der Waals surface area (Å²) in [6.07, 6.45) is -1.89. The lowest BCUT2D eigenvalue weighted by molar-refractivity contribution is -0.144. The van der Waals surface area contributed by atoms with Gasteiger partial charge >= 0.3 is 6.18 Å². The van der Waals surface area contributed by atoms with E-state index in [0.717, 1.165) is 22.9 Å². The summed E-state index contributed by atoms with van der Waals surface area (Å²) in [5.74, 6) is -0.957. The minimum atomic E-state index is -4.64. The molecule has 1 amide bonds. The summed E-state index contributed by atoms with van der Waals surface area (Å²) >= 11 is 0. The Morgan fingerprint density at radius 1 is 1.16 bits per heavy atom. The molecular weight excluding hydrogens is 407 g/mol. The highest BCUT2D eigenvalue weighted by atomic mass is 19.4. The zero-order chi connectivity index (χ0) is 22.3. The Morgan fingerprint density at radius 2 is 1.84 bits per heavy atom. The summed E-state index contributed by atoms with van der Waals surface area (Å²) in [5.41, 5.74) is 4.03. The molecule has 1 N–H and O–H groups in total. The Bertz CT molecular complexity index is 1120. The lowest BCUT2D eigenvalue weighted by Crippen LogP contribution is -2.30. The predicted octanol–water partition coefficient (Wildman–Crippen LogP) is 4.27. The van der Waals surface area contributed by atoms with Gasteiger partial charge in [-0.05, 0) is 57.1 Å². The van der Waals surface area contributed by atoms with Crippen molar-refractivity contribution in [3.63, 3.8) is 0 Å². The van der Waals surface area contributed by atoms with Gasteiger partial charge in [0.1, 0.15) is 0 Å². The number of hydrogen-bond acceptors (Lipinski definition) is 4. The Kier molecular flexibility index (Phi) is 5.45. The topological polar surface area (TPSA) is 72.2 Å². The average Bonchev–Trinajstić information content (AvgIpc) is 3.44. The maximum Gasteiger partial charge on any atom is 0.453 e. The van der Waals surface area contributed by atoms with Gasteiger partial charge in [0, 0.05) is 17.8 Å². The van der Waals surface area contributed by atoms with Crippen molar-refractivity contribution in [2.24, 2.45) is 5.92 Å². The summed E-state index contributed by atoms with van der Waals surface area (Å²) in [6.45, 7) is 5.40. The largest absolute Gasteiger partial charge is 0.453 e. The fourth-order valence-electron chi connectivity index (χ4n) is 3.85. The van der Waals surface area contributed by atoms with E-state index in [1.165, 1.54) is 5.56 Å². The zero-order valence-corrected chi connectivity index (χ0v) is 17.6. The number of carbonyl (C=O) groups is 1. The van der Waals surface area contributed by atoms with Crippen LogP contribution < -0.4 is 5.32 Å². The summed E-state index contributed by atoms with van der Waals surface area (Å²) < 4.78 is 39.9. The van der Waals surface area contributed by atoms with Gasteiger partial charge in [-0.25, -0.2) is 9.50 Å². The van der Waals surface area contributed by atoms with Gasteiger partial charge in [0.2, 0.25) is 5.91 Å². The highest BCUT2D eigenvalue weighted by Crippen LogP contribution is 2.41. The second kappa shape index (κ2) is 7.94. The van der Waals surface area contributed by atoms with Gasteiger partial charge in [-0.2, -0.15) is 18.2 Å². The van der Waals surface area contributed by atoms with Crippen molar-refractivity contribution in [3.05, 3.63) is 58.2 Å². The third-order valence-corrected chi connectivity index (χ3v) is 5.75. The molecule has 0 bridgehead atoms. The number of rotatable bonds is 6. The molecule has 1 fully saturated rings. The van der Waals surface area contributed by atoms with Gasteiger partial charge < -0.3 is 5.32 Å². The second-order valence-corrected chi connectivity index (χ2v) is 8.20. The van der Waals surface area contributed by atoms with E-state index < -0.39 is 12.0 Å². The molecule has 1 aromatic carbocycles. The van der Waals surface area contributed by atoms with Gasteiger partial charge in [-0.3, -0.25) is 4.79 Å². The monoisotopic (exact) mass is 431 g/mol. The van der Waals surface area contributed by atoms with Crippen LogP contribution in [0.3, 0.4) is 0 Å². The Labute approximate surface area is 177 Å². The van der Waals surface area contributed by atoms with E-state index >= 15 is 0 Å². The second-order valence-electron chi connectivity index (χ2n) is 8.20. The zero-order valence-electron chi connectivity index (χ0n) is 17.6. The first-order chi connectivity index (χ1) is 14.6. The van der Waals surface area contributed by atoms with E-state index in [1.54, 1.807) is 13.8 Å². The molecule has 1 aliphatic carbocycles. The lowest BCUT2D eigenvalue weighted by atomic mass is 10.0. The van der Waals surface area contributed by atoms with Crippen molar-refractivity contribution in [1.82, 2.24) is 24.9 Å². The summed E-state index contributed by atoms with van der Waals surface area (Å²) in [6, 6.07) is 8.16. The van der Waals surface area contributed by atoms with Crippen LogP contribution in [0.15, 0.2) is 24.3 Å². The maximum atomic E-state index is 12.9. The highest BCUT2D eigenvalue weighted by molar-refractivity contribution is 5.77. The van der Waals surface area contributed by atoms with Gasteiger partial charge in [-0.15, -0.1) is 5.10 Å². The SMILES string of the molecule is Cc1ccc(C(NC(=O)CCc2c(C)nc3nc(C(F)(F)F)nn3c2C)C2CC2)cc1. The first-order valence-electron chi connectivity index (χ1n) is 10.3. The molecule has 0 radical (unpaired) electrons. The van der Waals surface area contributed by atoms with E-state index in [-0.39, 0.29) is 24.1 Å². The number of nitrogens with one attached hydrogen (secondary N) is 1. The van der Waals surface area contributed by atoms with Crippen molar-refractivity contribution >= 4 is 11.7 Å². The molecule has 9 heteroatoms. The number of aromatic nitrogens is 4. The fraction of sp³-hybridized carbons (Fsp3) is 0.455. The molecule has 164 valence electrons. The highest BCUT2D eigenvalue weighted by Gasteiger charge is 2.37. The molecule has 2 aromatic heterocycles. The molecule has 4 rings (SSSR count). The Balaban J connectivity index is 1.49. The first-order valence-corrected chi connectivity index (χ1v) is 10.3. The maximum absolute atomic E-state index is 12.9. The number of nitrogens with zero attached hydrogens (tertiary/aromatic N) is 4. The number of hydrogen-bond donors (Lipinski definition) is 1. The molecule has 0 spiro atoms. The van der Waals surface area contributed by atoms with E-state index in [4.69, 9.17) is 0 Å². The van der Waals surface area contributed by atoms with Crippen molar-refractivity contribution in [2.45, 2.75) is 58.7 Å².